The van der Waals surface area contributed by atoms with Gasteiger partial charge in [-0.1, -0.05) is 55.4 Å². The van der Waals surface area contributed by atoms with E-state index < -0.39 is 0 Å². The fraction of sp³-hybridized carbons (Fsp3) is 0.190. The fourth-order valence-electron chi connectivity index (χ4n) is 3.35. The molecule has 0 amide bonds. The van der Waals surface area contributed by atoms with Gasteiger partial charge in [-0.25, -0.2) is 13.9 Å². The number of nitrogens with zero attached hydrogens (tertiary/aromatic N) is 4. The summed E-state index contributed by atoms with van der Waals surface area (Å²) in [6.45, 7) is 6.51. The molecule has 142 valence electrons. The molecule has 0 atom stereocenters. The van der Waals surface area contributed by atoms with Gasteiger partial charge in [0, 0.05) is 11.6 Å². The summed E-state index contributed by atoms with van der Waals surface area (Å²) in [6.07, 6.45) is 2.51. The summed E-state index contributed by atoms with van der Waals surface area (Å²) in [5.41, 5.74) is 1.93. The van der Waals surface area contributed by atoms with Crippen LogP contribution in [-0.4, -0.2) is 18.7 Å². The molecule has 0 spiro atoms. The summed E-state index contributed by atoms with van der Waals surface area (Å²) in [7, 11) is 0. The molecule has 0 aliphatic heterocycles. The van der Waals surface area contributed by atoms with E-state index in [0.29, 0.717) is 34.8 Å². The highest BCUT2D eigenvalue weighted by Crippen LogP contribution is 2.17. The monoisotopic (exact) mass is 394 g/mol. The molecule has 2 aromatic heterocycles. The molecule has 2 aromatic carbocycles. The average Bonchev–Trinajstić information content (AvgIpc) is 3.02. The molecule has 0 saturated carbocycles. The van der Waals surface area contributed by atoms with Gasteiger partial charge < -0.3 is 0 Å². The zero-order valence-corrected chi connectivity index (χ0v) is 16.2. The Morgan fingerprint density at radius 1 is 1.14 bits per heavy atom. The normalized spacial score (nSPS) is 11.4. The van der Waals surface area contributed by atoms with Crippen LogP contribution in [-0.2, 0) is 13.1 Å². The van der Waals surface area contributed by atoms with E-state index in [2.05, 4.69) is 11.7 Å². The van der Waals surface area contributed by atoms with E-state index >= 15 is 0 Å². The molecule has 4 rings (SSSR count). The van der Waals surface area contributed by atoms with E-state index in [-0.39, 0.29) is 11.2 Å². The summed E-state index contributed by atoms with van der Waals surface area (Å²) in [6, 6.07) is 12.7. The molecule has 0 aliphatic carbocycles. The molecular formula is C21H19ClN4O2. The Bertz CT molecular complexity index is 1310. The minimum Gasteiger partial charge on any atom is -0.276 e. The molecule has 7 heteroatoms. The molecule has 28 heavy (non-hydrogen) atoms. The van der Waals surface area contributed by atoms with Gasteiger partial charge in [0.15, 0.2) is 0 Å². The van der Waals surface area contributed by atoms with Crippen LogP contribution >= 0.6 is 11.6 Å². The number of hydrogen-bond donors (Lipinski definition) is 0. The van der Waals surface area contributed by atoms with Crippen LogP contribution in [0.5, 0.6) is 0 Å². The molecule has 4 aromatic rings. The van der Waals surface area contributed by atoms with Crippen LogP contribution in [0.4, 0.5) is 0 Å². The van der Waals surface area contributed by atoms with Crippen molar-refractivity contribution in [3.05, 3.63) is 86.0 Å². The van der Waals surface area contributed by atoms with Crippen molar-refractivity contribution in [1.82, 2.24) is 18.7 Å². The van der Waals surface area contributed by atoms with Crippen LogP contribution in [0, 0.1) is 0 Å². The Labute approximate surface area is 165 Å². The van der Waals surface area contributed by atoms with Crippen molar-refractivity contribution in [2.24, 2.45) is 0 Å². The topological polar surface area (TPSA) is 61.3 Å². The summed E-state index contributed by atoms with van der Waals surface area (Å²) in [4.78, 5) is 26.1. The number of aryl methyl sites for hydroxylation is 1. The molecule has 0 unspecified atom stereocenters. The Balaban J connectivity index is 1.98. The minimum absolute atomic E-state index is 0.173. The third kappa shape index (κ3) is 2.96. The highest BCUT2D eigenvalue weighted by molar-refractivity contribution is 6.31. The van der Waals surface area contributed by atoms with E-state index in [1.807, 2.05) is 31.2 Å². The van der Waals surface area contributed by atoms with E-state index in [0.717, 1.165) is 17.5 Å². The smallest absolute Gasteiger partial charge is 0.276 e. The first-order valence-corrected chi connectivity index (χ1v) is 9.44. The number of rotatable bonds is 5. The van der Waals surface area contributed by atoms with Crippen molar-refractivity contribution in [2.45, 2.75) is 26.4 Å². The Hall–Kier alpha value is -3.12. The van der Waals surface area contributed by atoms with Crippen LogP contribution in [0.25, 0.3) is 22.8 Å². The van der Waals surface area contributed by atoms with E-state index in [1.165, 1.54) is 9.08 Å². The maximum atomic E-state index is 13.1. The van der Waals surface area contributed by atoms with Crippen LogP contribution in [0.1, 0.15) is 24.5 Å². The Morgan fingerprint density at radius 2 is 1.89 bits per heavy atom. The molecule has 0 fully saturated rings. The van der Waals surface area contributed by atoms with Crippen molar-refractivity contribution in [2.75, 3.05) is 0 Å². The van der Waals surface area contributed by atoms with E-state index in [4.69, 9.17) is 11.6 Å². The molecule has 2 heterocycles. The van der Waals surface area contributed by atoms with Crippen LogP contribution < -0.4 is 11.2 Å². The van der Waals surface area contributed by atoms with Gasteiger partial charge in [0.25, 0.3) is 5.56 Å². The highest BCUT2D eigenvalue weighted by Gasteiger charge is 2.17. The first-order valence-electron chi connectivity index (χ1n) is 9.06. The number of benzene rings is 2. The largest absolute Gasteiger partial charge is 0.352 e. The maximum Gasteiger partial charge on any atom is 0.352 e. The quantitative estimate of drug-likeness (QED) is 0.520. The van der Waals surface area contributed by atoms with Gasteiger partial charge in [0.05, 0.1) is 17.4 Å². The molecule has 0 aliphatic rings. The van der Waals surface area contributed by atoms with Gasteiger partial charge in [-0.3, -0.25) is 9.36 Å². The van der Waals surface area contributed by atoms with Gasteiger partial charge in [0.2, 0.25) is 5.78 Å². The zero-order valence-electron chi connectivity index (χ0n) is 15.4. The van der Waals surface area contributed by atoms with E-state index in [1.54, 1.807) is 28.8 Å². The summed E-state index contributed by atoms with van der Waals surface area (Å²) in [5.74, 6) is 0.328. The SMILES string of the molecule is C=Cc1ccc(Cn2nc3n(CCC)c(=O)c4ccc(Cl)cc4n3c2=O)cc1. The van der Waals surface area contributed by atoms with Gasteiger partial charge >= 0.3 is 5.69 Å². The second-order valence-electron chi connectivity index (χ2n) is 6.64. The summed E-state index contributed by atoms with van der Waals surface area (Å²) < 4.78 is 4.40. The maximum absolute atomic E-state index is 13.1. The lowest BCUT2D eigenvalue weighted by Crippen LogP contribution is -2.26. The van der Waals surface area contributed by atoms with Crippen molar-refractivity contribution >= 4 is 34.4 Å². The summed E-state index contributed by atoms with van der Waals surface area (Å²) in [5, 5.41) is 5.38. The molecule has 0 bridgehead atoms. The number of fused-ring (bicyclic) bond motifs is 3. The lowest BCUT2D eigenvalue weighted by atomic mass is 10.1. The second-order valence-corrected chi connectivity index (χ2v) is 7.08. The molecular weight excluding hydrogens is 376 g/mol. The predicted molar refractivity (Wildman–Crippen MR) is 112 cm³/mol. The minimum atomic E-state index is -0.306. The van der Waals surface area contributed by atoms with Crippen LogP contribution in [0.15, 0.2) is 58.6 Å². The number of aromatic nitrogens is 4. The first kappa shape index (κ1) is 18.3. The number of hydrogen-bond acceptors (Lipinski definition) is 3. The number of halogens is 1. The van der Waals surface area contributed by atoms with Gasteiger partial charge in [0.1, 0.15) is 0 Å². The van der Waals surface area contributed by atoms with Crippen molar-refractivity contribution in [3.63, 3.8) is 0 Å². The van der Waals surface area contributed by atoms with Crippen LogP contribution in [0.3, 0.4) is 0 Å². The van der Waals surface area contributed by atoms with Crippen molar-refractivity contribution < 1.29 is 0 Å². The second kappa shape index (κ2) is 7.13. The summed E-state index contributed by atoms with van der Waals surface area (Å²) >= 11 is 6.13. The standard InChI is InChI=1S/C21H19ClN4O2/c1-3-11-24-19(27)17-10-9-16(22)12-18(17)26-20(24)23-25(21(26)28)13-15-7-5-14(4-2)6-8-15/h4-10,12H,2-3,11,13H2,1H3. The molecule has 0 N–H and O–H groups in total. The van der Waals surface area contributed by atoms with Gasteiger partial charge in [-0.05, 0) is 35.7 Å². The van der Waals surface area contributed by atoms with Crippen molar-refractivity contribution in [3.8, 4) is 0 Å². The first-order chi connectivity index (χ1) is 13.5. The third-order valence-electron chi connectivity index (χ3n) is 4.73. The van der Waals surface area contributed by atoms with Crippen LogP contribution in [0.2, 0.25) is 5.02 Å². The lowest BCUT2D eigenvalue weighted by molar-refractivity contribution is 0.639. The molecule has 0 saturated heterocycles. The Morgan fingerprint density at radius 3 is 2.57 bits per heavy atom. The fourth-order valence-corrected chi connectivity index (χ4v) is 3.52. The van der Waals surface area contributed by atoms with Gasteiger partial charge in [-0.2, -0.15) is 0 Å². The molecule has 6 nitrogen and oxygen atoms in total. The highest BCUT2D eigenvalue weighted by atomic mass is 35.5. The molecule has 0 radical (unpaired) electrons. The predicted octanol–water partition coefficient (Wildman–Crippen LogP) is 3.57. The van der Waals surface area contributed by atoms with Crippen molar-refractivity contribution in [1.29, 1.82) is 0 Å². The Kier molecular flexibility index (Phi) is 4.65. The lowest BCUT2D eigenvalue weighted by Gasteiger charge is -2.08. The zero-order chi connectivity index (χ0) is 19.8. The average molecular weight is 395 g/mol. The third-order valence-corrected chi connectivity index (χ3v) is 4.97. The van der Waals surface area contributed by atoms with Gasteiger partial charge in [-0.15, -0.1) is 5.10 Å². The van der Waals surface area contributed by atoms with E-state index in [9.17, 15) is 9.59 Å².